The Labute approximate surface area is 117 Å². The van der Waals surface area contributed by atoms with Gasteiger partial charge < -0.3 is 5.32 Å². The van der Waals surface area contributed by atoms with Gasteiger partial charge in [-0.3, -0.25) is 4.98 Å². The third-order valence-corrected chi connectivity index (χ3v) is 5.26. The molecule has 2 heteroatoms. The molecule has 1 aromatic heterocycles. The lowest BCUT2D eigenvalue weighted by Crippen LogP contribution is -2.54. The maximum absolute atomic E-state index is 4.35. The molecule has 0 aliphatic heterocycles. The fourth-order valence-electron chi connectivity index (χ4n) is 4.47. The number of nitrogens with zero attached hydrogens (tertiary/aromatic N) is 1. The standard InChI is InChI=1S/C17H26N2/c1-2-9-19-14-17(15-6-5-10-18-11-15)12-16(13-17)7-3-4-8-16/h5-6,10-11,19H,2-4,7-9,12-14H2,1H3. The van der Waals surface area contributed by atoms with Gasteiger partial charge in [0.15, 0.2) is 0 Å². The third kappa shape index (κ3) is 2.43. The van der Waals surface area contributed by atoms with Crippen molar-refractivity contribution in [3.05, 3.63) is 30.1 Å². The van der Waals surface area contributed by atoms with E-state index in [1.807, 2.05) is 6.20 Å². The Balaban J connectivity index is 1.74. The maximum Gasteiger partial charge on any atom is 0.0306 e. The second-order valence-corrected chi connectivity index (χ2v) is 6.76. The molecule has 1 spiro atoms. The highest BCUT2D eigenvalue weighted by Gasteiger charge is 2.55. The van der Waals surface area contributed by atoms with Crippen molar-refractivity contribution in [2.45, 2.75) is 57.3 Å². The van der Waals surface area contributed by atoms with E-state index in [2.05, 4.69) is 35.6 Å². The van der Waals surface area contributed by atoms with Crippen LogP contribution in [0.4, 0.5) is 0 Å². The van der Waals surface area contributed by atoms with E-state index < -0.39 is 0 Å². The Hall–Kier alpha value is -0.890. The first-order chi connectivity index (χ1) is 9.29. The fourth-order valence-corrected chi connectivity index (χ4v) is 4.47. The van der Waals surface area contributed by atoms with E-state index in [0.29, 0.717) is 10.8 Å². The summed E-state index contributed by atoms with van der Waals surface area (Å²) in [6.45, 7) is 4.51. The summed E-state index contributed by atoms with van der Waals surface area (Å²) in [4.78, 5) is 4.35. The van der Waals surface area contributed by atoms with Gasteiger partial charge in [0, 0.05) is 24.4 Å². The van der Waals surface area contributed by atoms with Crippen molar-refractivity contribution in [3.63, 3.8) is 0 Å². The normalized spacial score (nSPS) is 23.4. The fraction of sp³-hybridized carbons (Fsp3) is 0.706. The molecule has 1 heterocycles. The summed E-state index contributed by atoms with van der Waals surface area (Å²) in [7, 11) is 0. The van der Waals surface area contributed by atoms with Crippen LogP contribution in [0.15, 0.2) is 24.5 Å². The van der Waals surface area contributed by atoms with Gasteiger partial charge in [-0.25, -0.2) is 0 Å². The van der Waals surface area contributed by atoms with Gasteiger partial charge >= 0.3 is 0 Å². The number of rotatable bonds is 5. The highest BCUT2D eigenvalue weighted by molar-refractivity contribution is 5.29. The van der Waals surface area contributed by atoms with Crippen LogP contribution in [0.5, 0.6) is 0 Å². The monoisotopic (exact) mass is 258 g/mol. The maximum atomic E-state index is 4.35. The van der Waals surface area contributed by atoms with E-state index in [9.17, 15) is 0 Å². The molecule has 0 atom stereocenters. The van der Waals surface area contributed by atoms with E-state index in [4.69, 9.17) is 0 Å². The number of nitrogens with one attached hydrogen (secondary N) is 1. The molecule has 0 amide bonds. The van der Waals surface area contributed by atoms with Crippen molar-refractivity contribution in [3.8, 4) is 0 Å². The molecule has 104 valence electrons. The Morgan fingerprint density at radius 3 is 2.68 bits per heavy atom. The molecule has 1 N–H and O–H groups in total. The minimum absolute atomic E-state index is 0.369. The molecule has 0 aromatic carbocycles. The van der Waals surface area contributed by atoms with Gasteiger partial charge in [-0.2, -0.15) is 0 Å². The van der Waals surface area contributed by atoms with Gasteiger partial charge in [-0.1, -0.05) is 25.8 Å². The molecule has 2 aliphatic carbocycles. The van der Waals surface area contributed by atoms with Crippen LogP contribution in [-0.2, 0) is 5.41 Å². The molecular weight excluding hydrogens is 232 g/mol. The molecule has 0 bridgehead atoms. The van der Waals surface area contributed by atoms with Crippen molar-refractivity contribution in [1.29, 1.82) is 0 Å². The van der Waals surface area contributed by atoms with Crippen molar-refractivity contribution in [1.82, 2.24) is 10.3 Å². The largest absolute Gasteiger partial charge is 0.316 e. The van der Waals surface area contributed by atoms with Crippen molar-refractivity contribution in [2.24, 2.45) is 5.41 Å². The average molecular weight is 258 g/mol. The molecule has 2 fully saturated rings. The third-order valence-electron chi connectivity index (χ3n) is 5.26. The van der Waals surface area contributed by atoms with E-state index in [-0.39, 0.29) is 0 Å². The molecule has 0 saturated heterocycles. The minimum atomic E-state index is 0.369. The summed E-state index contributed by atoms with van der Waals surface area (Å²) in [6.07, 6.45) is 13.8. The SMILES string of the molecule is CCCNCC1(c2cccnc2)CC2(CCCC2)C1. The van der Waals surface area contributed by atoms with Crippen LogP contribution in [-0.4, -0.2) is 18.1 Å². The minimum Gasteiger partial charge on any atom is -0.316 e. The molecular formula is C17H26N2. The molecule has 0 unspecified atom stereocenters. The molecule has 1 aromatic rings. The van der Waals surface area contributed by atoms with Crippen LogP contribution in [0.1, 0.15) is 57.4 Å². The second kappa shape index (κ2) is 5.24. The van der Waals surface area contributed by atoms with Gasteiger partial charge in [0.05, 0.1) is 0 Å². The van der Waals surface area contributed by atoms with Crippen LogP contribution >= 0.6 is 0 Å². The molecule has 19 heavy (non-hydrogen) atoms. The first kappa shape index (κ1) is 13.1. The number of hydrogen-bond donors (Lipinski definition) is 1. The van der Waals surface area contributed by atoms with E-state index >= 15 is 0 Å². The van der Waals surface area contributed by atoms with Crippen LogP contribution in [0, 0.1) is 5.41 Å². The molecule has 2 aliphatic rings. The van der Waals surface area contributed by atoms with Crippen molar-refractivity contribution in [2.75, 3.05) is 13.1 Å². The predicted octanol–water partition coefficient (Wildman–Crippen LogP) is 3.67. The molecule has 3 rings (SSSR count). The van der Waals surface area contributed by atoms with E-state index in [1.54, 1.807) is 0 Å². The summed E-state index contributed by atoms with van der Waals surface area (Å²) in [5.41, 5.74) is 2.51. The Morgan fingerprint density at radius 1 is 1.26 bits per heavy atom. The lowest BCUT2D eigenvalue weighted by atomic mass is 9.50. The topological polar surface area (TPSA) is 24.9 Å². The highest BCUT2D eigenvalue weighted by atomic mass is 14.9. The second-order valence-electron chi connectivity index (χ2n) is 6.76. The van der Waals surface area contributed by atoms with Crippen LogP contribution in [0.3, 0.4) is 0 Å². The number of hydrogen-bond acceptors (Lipinski definition) is 2. The first-order valence-corrected chi connectivity index (χ1v) is 7.90. The van der Waals surface area contributed by atoms with Crippen LogP contribution in [0.25, 0.3) is 0 Å². The van der Waals surface area contributed by atoms with Gasteiger partial charge in [0.2, 0.25) is 0 Å². The summed E-state index contributed by atoms with van der Waals surface area (Å²) in [5, 5.41) is 3.65. The van der Waals surface area contributed by atoms with E-state index in [1.165, 1.54) is 50.5 Å². The van der Waals surface area contributed by atoms with Gasteiger partial charge in [-0.05, 0) is 55.7 Å². The Bertz CT molecular complexity index is 399. The zero-order valence-corrected chi connectivity index (χ0v) is 12.1. The Morgan fingerprint density at radius 2 is 2.05 bits per heavy atom. The van der Waals surface area contributed by atoms with Crippen LogP contribution < -0.4 is 5.32 Å². The lowest BCUT2D eigenvalue weighted by molar-refractivity contribution is 0.0269. The smallest absolute Gasteiger partial charge is 0.0306 e. The Kier molecular flexibility index (Phi) is 3.62. The average Bonchev–Trinajstić information content (AvgIpc) is 2.88. The first-order valence-electron chi connectivity index (χ1n) is 7.90. The van der Waals surface area contributed by atoms with E-state index in [0.717, 1.165) is 13.1 Å². The van der Waals surface area contributed by atoms with Crippen molar-refractivity contribution >= 4 is 0 Å². The van der Waals surface area contributed by atoms with Crippen LogP contribution in [0.2, 0.25) is 0 Å². The van der Waals surface area contributed by atoms with Gasteiger partial charge in [0.1, 0.15) is 0 Å². The highest BCUT2D eigenvalue weighted by Crippen LogP contribution is 2.62. The molecule has 2 saturated carbocycles. The lowest BCUT2D eigenvalue weighted by Gasteiger charge is -2.56. The van der Waals surface area contributed by atoms with Gasteiger partial charge in [-0.15, -0.1) is 0 Å². The number of pyridine rings is 1. The summed E-state index contributed by atoms with van der Waals surface area (Å²) in [6, 6.07) is 4.37. The summed E-state index contributed by atoms with van der Waals surface area (Å²) >= 11 is 0. The predicted molar refractivity (Wildman–Crippen MR) is 79.2 cm³/mol. The molecule has 2 nitrogen and oxygen atoms in total. The molecule has 0 radical (unpaired) electrons. The number of aromatic nitrogens is 1. The quantitative estimate of drug-likeness (QED) is 0.815. The summed E-state index contributed by atoms with van der Waals surface area (Å²) in [5.74, 6) is 0. The summed E-state index contributed by atoms with van der Waals surface area (Å²) < 4.78 is 0. The van der Waals surface area contributed by atoms with Gasteiger partial charge in [0.25, 0.3) is 0 Å². The van der Waals surface area contributed by atoms with Crippen molar-refractivity contribution < 1.29 is 0 Å². The zero-order chi connectivity index (χ0) is 13.2. The zero-order valence-electron chi connectivity index (χ0n) is 12.1.